The van der Waals surface area contributed by atoms with Crippen molar-refractivity contribution in [1.82, 2.24) is 9.97 Å². The van der Waals surface area contributed by atoms with Crippen LogP contribution in [0.5, 0.6) is 0 Å². The molecule has 0 fully saturated rings. The molecule has 1 rings (SSSR count). The number of aromatic carboxylic acids is 1. The Morgan fingerprint density at radius 1 is 1.53 bits per heavy atom. The van der Waals surface area contributed by atoms with E-state index in [1.807, 2.05) is 0 Å². The topological polar surface area (TPSA) is 75.1 Å². The van der Waals surface area contributed by atoms with E-state index >= 15 is 0 Å². The molecule has 1 aromatic heterocycles. The van der Waals surface area contributed by atoms with Crippen LogP contribution in [0.2, 0.25) is 0 Å². The molecule has 0 atom stereocenters. The standard InChI is InChI=1S/C10H11N3O2/c1-4-10(2,3)13-9-11-5-7(6-12-9)8(14)15/h1,5-6H,2-3H3,(H,14,15)(H,11,12,13). The Balaban J connectivity index is 2.83. The molecule has 0 radical (unpaired) electrons. The average Bonchev–Trinajstić information content (AvgIpc) is 2.18. The number of carboxylic acid groups (broad SMARTS) is 1. The van der Waals surface area contributed by atoms with Gasteiger partial charge in [-0.15, -0.1) is 6.42 Å². The Hall–Kier alpha value is -2.09. The first-order valence-corrected chi connectivity index (χ1v) is 4.26. The molecule has 0 saturated heterocycles. The third-order valence-electron chi connectivity index (χ3n) is 1.68. The van der Waals surface area contributed by atoms with E-state index in [0.717, 1.165) is 0 Å². The SMILES string of the molecule is C#CC(C)(C)Nc1ncc(C(=O)O)cn1. The van der Waals surface area contributed by atoms with Crippen LogP contribution >= 0.6 is 0 Å². The van der Waals surface area contributed by atoms with Crippen molar-refractivity contribution in [2.45, 2.75) is 19.4 Å². The van der Waals surface area contributed by atoms with E-state index in [9.17, 15) is 4.79 Å². The molecule has 2 N–H and O–H groups in total. The molecule has 78 valence electrons. The van der Waals surface area contributed by atoms with Crippen molar-refractivity contribution in [3.8, 4) is 12.3 Å². The van der Waals surface area contributed by atoms with Gasteiger partial charge in [0.2, 0.25) is 5.95 Å². The number of nitrogens with one attached hydrogen (secondary N) is 1. The zero-order chi connectivity index (χ0) is 11.5. The predicted octanol–water partition coefficient (Wildman–Crippen LogP) is 0.998. The molecule has 1 aromatic rings. The summed E-state index contributed by atoms with van der Waals surface area (Å²) in [6.07, 6.45) is 7.72. The first-order chi connectivity index (χ1) is 6.94. The molecule has 0 aromatic carbocycles. The molecule has 0 bridgehead atoms. The van der Waals surface area contributed by atoms with E-state index in [4.69, 9.17) is 11.5 Å². The van der Waals surface area contributed by atoms with Crippen LogP contribution in [0.1, 0.15) is 24.2 Å². The van der Waals surface area contributed by atoms with Gasteiger partial charge < -0.3 is 10.4 Å². The minimum absolute atomic E-state index is 0.0408. The summed E-state index contributed by atoms with van der Waals surface area (Å²) in [7, 11) is 0. The van der Waals surface area contributed by atoms with Gasteiger partial charge in [-0.1, -0.05) is 5.92 Å². The highest BCUT2D eigenvalue weighted by Gasteiger charge is 2.14. The Kier molecular flexibility index (Phi) is 2.90. The Bertz CT molecular complexity index is 404. The minimum atomic E-state index is -1.06. The van der Waals surface area contributed by atoms with Gasteiger partial charge in [-0.05, 0) is 13.8 Å². The van der Waals surface area contributed by atoms with Crippen LogP contribution in [-0.4, -0.2) is 26.6 Å². The number of nitrogens with zero attached hydrogens (tertiary/aromatic N) is 2. The molecule has 0 aliphatic rings. The second-order valence-corrected chi connectivity index (χ2v) is 3.49. The van der Waals surface area contributed by atoms with Crippen molar-refractivity contribution in [1.29, 1.82) is 0 Å². The summed E-state index contributed by atoms with van der Waals surface area (Å²) in [4.78, 5) is 18.2. The summed E-state index contributed by atoms with van der Waals surface area (Å²) in [6, 6.07) is 0. The van der Waals surface area contributed by atoms with Crippen LogP contribution in [0.3, 0.4) is 0 Å². The third-order valence-corrected chi connectivity index (χ3v) is 1.68. The lowest BCUT2D eigenvalue weighted by Gasteiger charge is -2.18. The fourth-order valence-corrected chi connectivity index (χ4v) is 0.819. The van der Waals surface area contributed by atoms with Gasteiger partial charge in [0.15, 0.2) is 0 Å². The lowest BCUT2D eigenvalue weighted by atomic mass is 10.1. The van der Waals surface area contributed by atoms with Gasteiger partial charge >= 0.3 is 5.97 Å². The lowest BCUT2D eigenvalue weighted by Crippen LogP contribution is -2.29. The maximum atomic E-state index is 10.5. The Labute approximate surface area is 87.6 Å². The minimum Gasteiger partial charge on any atom is -0.478 e. The molecule has 0 spiro atoms. The third kappa shape index (κ3) is 2.95. The van der Waals surface area contributed by atoms with Crippen molar-refractivity contribution in [3.05, 3.63) is 18.0 Å². The number of carboxylic acids is 1. The number of anilines is 1. The van der Waals surface area contributed by atoms with E-state index in [1.54, 1.807) is 13.8 Å². The number of carbonyl (C=O) groups is 1. The van der Waals surface area contributed by atoms with E-state index < -0.39 is 11.5 Å². The fourth-order valence-electron chi connectivity index (χ4n) is 0.819. The van der Waals surface area contributed by atoms with Crippen molar-refractivity contribution in [3.63, 3.8) is 0 Å². The van der Waals surface area contributed by atoms with Crippen LogP contribution in [0.15, 0.2) is 12.4 Å². The van der Waals surface area contributed by atoms with Gasteiger partial charge in [-0.2, -0.15) is 0 Å². The number of hydrogen-bond acceptors (Lipinski definition) is 4. The summed E-state index contributed by atoms with van der Waals surface area (Å²) in [5.74, 6) is 1.77. The number of hydrogen-bond donors (Lipinski definition) is 2. The second-order valence-electron chi connectivity index (χ2n) is 3.49. The Morgan fingerprint density at radius 3 is 2.47 bits per heavy atom. The number of aromatic nitrogens is 2. The molecule has 5 nitrogen and oxygen atoms in total. The zero-order valence-electron chi connectivity index (χ0n) is 8.48. The largest absolute Gasteiger partial charge is 0.478 e. The highest BCUT2D eigenvalue weighted by atomic mass is 16.4. The van der Waals surface area contributed by atoms with Crippen LogP contribution in [0, 0.1) is 12.3 Å². The first kappa shape index (κ1) is 11.0. The van der Waals surface area contributed by atoms with E-state index in [0.29, 0.717) is 5.95 Å². The summed E-state index contributed by atoms with van der Waals surface area (Å²) >= 11 is 0. The highest BCUT2D eigenvalue weighted by Crippen LogP contribution is 2.09. The van der Waals surface area contributed by atoms with Gasteiger partial charge in [-0.3, -0.25) is 0 Å². The summed E-state index contributed by atoms with van der Waals surface area (Å²) in [5, 5.41) is 11.5. The van der Waals surface area contributed by atoms with Crippen LogP contribution in [0.4, 0.5) is 5.95 Å². The second kappa shape index (κ2) is 3.96. The molecule has 0 aliphatic heterocycles. The molecular formula is C10H11N3O2. The molecule has 0 saturated carbocycles. The van der Waals surface area contributed by atoms with Gasteiger partial charge in [0, 0.05) is 12.4 Å². The van der Waals surface area contributed by atoms with E-state index in [1.165, 1.54) is 12.4 Å². The van der Waals surface area contributed by atoms with Crippen molar-refractivity contribution < 1.29 is 9.90 Å². The fraction of sp³-hybridized carbons (Fsp3) is 0.300. The molecule has 15 heavy (non-hydrogen) atoms. The van der Waals surface area contributed by atoms with E-state index in [-0.39, 0.29) is 5.56 Å². The van der Waals surface area contributed by atoms with Gasteiger partial charge in [0.1, 0.15) is 0 Å². The molecule has 5 heteroatoms. The van der Waals surface area contributed by atoms with Gasteiger partial charge in [0.05, 0.1) is 11.1 Å². The summed E-state index contributed by atoms with van der Waals surface area (Å²) < 4.78 is 0. The van der Waals surface area contributed by atoms with Gasteiger partial charge in [0.25, 0.3) is 0 Å². The van der Waals surface area contributed by atoms with Crippen LogP contribution in [-0.2, 0) is 0 Å². The molecule has 1 heterocycles. The maximum Gasteiger partial charge on any atom is 0.338 e. The summed E-state index contributed by atoms with van der Waals surface area (Å²) in [6.45, 7) is 3.59. The Morgan fingerprint density at radius 2 is 2.07 bits per heavy atom. The van der Waals surface area contributed by atoms with Crippen molar-refractivity contribution >= 4 is 11.9 Å². The number of rotatable bonds is 3. The van der Waals surface area contributed by atoms with Crippen molar-refractivity contribution in [2.75, 3.05) is 5.32 Å². The predicted molar refractivity (Wildman–Crippen MR) is 55.5 cm³/mol. The molecular weight excluding hydrogens is 194 g/mol. The van der Waals surface area contributed by atoms with Gasteiger partial charge in [-0.25, -0.2) is 14.8 Å². The van der Waals surface area contributed by atoms with E-state index in [2.05, 4.69) is 21.2 Å². The molecule has 0 unspecified atom stereocenters. The quantitative estimate of drug-likeness (QED) is 0.720. The number of terminal acetylenes is 1. The van der Waals surface area contributed by atoms with Crippen LogP contribution in [0.25, 0.3) is 0 Å². The maximum absolute atomic E-state index is 10.5. The lowest BCUT2D eigenvalue weighted by molar-refractivity contribution is 0.0696. The smallest absolute Gasteiger partial charge is 0.338 e. The monoisotopic (exact) mass is 205 g/mol. The zero-order valence-corrected chi connectivity index (χ0v) is 8.48. The average molecular weight is 205 g/mol. The van der Waals surface area contributed by atoms with Crippen molar-refractivity contribution in [2.24, 2.45) is 0 Å². The summed E-state index contributed by atoms with van der Waals surface area (Å²) in [5.41, 5.74) is -0.524. The van der Waals surface area contributed by atoms with Crippen LogP contribution < -0.4 is 5.32 Å². The molecule has 0 amide bonds. The normalized spacial score (nSPS) is 10.5. The molecule has 0 aliphatic carbocycles. The highest BCUT2D eigenvalue weighted by molar-refractivity contribution is 5.86. The first-order valence-electron chi connectivity index (χ1n) is 4.26.